The predicted octanol–water partition coefficient (Wildman–Crippen LogP) is 1.82. The van der Waals surface area contributed by atoms with Crippen LogP contribution >= 0.6 is 0 Å². The van der Waals surface area contributed by atoms with Gasteiger partial charge in [0.05, 0.1) is 12.4 Å². The molecule has 0 aliphatic carbocycles. The van der Waals surface area contributed by atoms with Gasteiger partial charge in [-0.3, -0.25) is 4.72 Å². The summed E-state index contributed by atoms with van der Waals surface area (Å²) in [6.45, 7) is 1.74. The number of aromatic nitrogens is 1. The monoisotopic (exact) mass is 292 g/mol. The van der Waals surface area contributed by atoms with E-state index < -0.39 is 10.0 Å². The van der Waals surface area contributed by atoms with Crippen molar-refractivity contribution >= 4 is 15.8 Å². The van der Waals surface area contributed by atoms with E-state index in [1.807, 2.05) is 0 Å². The van der Waals surface area contributed by atoms with Crippen molar-refractivity contribution in [2.45, 2.75) is 19.3 Å². The number of nitrogens with one attached hydrogen (secondary N) is 1. The number of benzene rings is 1. The van der Waals surface area contributed by atoms with Crippen LogP contribution in [0.3, 0.4) is 0 Å². The van der Waals surface area contributed by atoms with Gasteiger partial charge in [-0.1, -0.05) is 30.3 Å². The Hall–Kier alpha value is -1.92. The average molecular weight is 292 g/mol. The first-order valence-corrected chi connectivity index (χ1v) is 7.76. The molecule has 0 aliphatic rings. The highest BCUT2D eigenvalue weighted by atomic mass is 32.2. The second-order valence-electron chi connectivity index (χ2n) is 4.50. The molecule has 2 rings (SSSR count). The van der Waals surface area contributed by atoms with Crippen molar-refractivity contribution in [3.63, 3.8) is 0 Å². The van der Waals surface area contributed by atoms with Gasteiger partial charge in [0.25, 0.3) is 0 Å². The molecule has 1 aromatic heterocycles. The molecular weight excluding hydrogens is 276 g/mol. The second-order valence-corrected chi connectivity index (χ2v) is 6.22. The minimum atomic E-state index is -3.50. The summed E-state index contributed by atoms with van der Waals surface area (Å²) in [5.74, 6) is 0.186. The zero-order valence-electron chi connectivity index (χ0n) is 11.1. The van der Waals surface area contributed by atoms with Crippen LogP contribution in [0, 0.1) is 6.92 Å². The molecule has 0 saturated carbocycles. The van der Waals surface area contributed by atoms with Crippen LogP contribution in [0.1, 0.15) is 16.8 Å². The summed E-state index contributed by atoms with van der Waals surface area (Å²) in [5.41, 5.74) is 2.15. The van der Waals surface area contributed by atoms with E-state index in [4.69, 9.17) is 5.11 Å². The van der Waals surface area contributed by atoms with Crippen LogP contribution in [-0.4, -0.2) is 18.5 Å². The van der Waals surface area contributed by atoms with Gasteiger partial charge >= 0.3 is 0 Å². The SMILES string of the molecule is Cc1cccc(NS(=O)(=O)Cc2ccc(CO)cc2)n1. The first-order chi connectivity index (χ1) is 9.48. The van der Waals surface area contributed by atoms with Gasteiger partial charge < -0.3 is 5.11 Å². The Morgan fingerprint density at radius 2 is 1.75 bits per heavy atom. The van der Waals surface area contributed by atoms with E-state index in [1.165, 1.54) is 0 Å². The Labute approximate surface area is 118 Å². The predicted molar refractivity (Wildman–Crippen MR) is 77.6 cm³/mol. The third-order valence-corrected chi connectivity index (χ3v) is 3.94. The fourth-order valence-corrected chi connectivity index (χ4v) is 2.89. The van der Waals surface area contributed by atoms with Crippen LogP contribution in [0.4, 0.5) is 5.82 Å². The van der Waals surface area contributed by atoms with Crippen LogP contribution < -0.4 is 4.72 Å². The third-order valence-electron chi connectivity index (χ3n) is 2.71. The quantitative estimate of drug-likeness (QED) is 0.881. The van der Waals surface area contributed by atoms with Crippen LogP contribution in [0.5, 0.6) is 0 Å². The van der Waals surface area contributed by atoms with Gasteiger partial charge in [0, 0.05) is 5.69 Å². The van der Waals surface area contributed by atoms with Gasteiger partial charge in [-0.15, -0.1) is 0 Å². The van der Waals surface area contributed by atoms with E-state index in [1.54, 1.807) is 49.4 Å². The van der Waals surface area contributed by atoms with Crippen molar-refractivity contribution in [2.24, 2.45) is 0 Å². The van der Waals surface area contributed by atoms with Crippen molar-refractivity contribution in [3.8, 4) is 0 Å². The number of hydrogen-bond acceptors (Lipinski definition) is 4. The highest BCUT2D eigenvalue weighted by molar-refractivity contribution is 7.91. The average Bonchev–Trinajstić information content (AvgIpc) is 2.38. The minimum Gasteiger partial charge on any atom is -0.392 e. The van der Waals surface area contributed by atoms with Crippen molar-refractivity contribution < 1.29 is 13.5 Å². The van der Waals surface area contributed by atoms with E-state index >= 15 is 0 Å². The molecule has 0 aliphatic heterocycles. The largest absolute Gasteiger partial charge is 0.392 e. The molecule has 1 aromatic carbocycles. The molecule has 2 N–H and O–H groups in total. The lowest BCUT2D eigenvalue weighted by molar-refractivity contribution is 0.282. The Balaban J connectivity index is 2.10. The first kappa shape index (κ1) is 14.5. The second kappa shape index (κ2) is 6.02. The summed E-state index contributed by atoms with van der Waals surface area (Å²) >= 11 is 0. The van der Waals surface area contributed by atoms with Crippen molar-refractivity contribution in [1.29, 1.82) is 0 Å². The number of pyridine rings is 1. The molecule has 0 unspecified atom stereocenters. The van der Waals surface area contributed by atoms with E-state index in [-0.39, 0.29) is 12.4 Å². The summed E-state index contributed by atoms with van der Waals surface area (Å²) < 4.78 is 26.5. The smallest absolute Gasteiger partial charge is 0.238 e. The van der Waals surface area contributed by atoms with Crippen molar-refractivity contribution in [3.05, 3.63) is 59.3 Å². The van der Waals surface area contributed by atoms with Crippen LogP contribution in [0.25, 0.3) is 0 Å². The van der Waals surface area contributed by atoms with Crippen LogP contribution in [0.2, 0.25) is 0 Å². The summed E-state index contributed by atoms with van der Waals surface area (Å²) in [6.07, 6.45) is 0. The third kappa shape index (κ3) is 4.04. The fraction of sp³-hybridized carbons (Fsp3) is 0.214. The minimum absolute atomic E-state index is 0.0571. The van der Waals surface area contributed by atoms with E-state index in [9.17, 15) is 8.42 Å². The summed E-state index contributed by atoms with van der Waals surface area (Å²) in [5, 5.41) is 8.94. The molecule has 0 fully saturated rings. The van der Waals surface area contributed by atoms with Gasteiger partial charge in [-0.2, -0.15) is 0 Å². The lowest BCUT2D eigenvalue weighted by Gasteiger charge is -2.08. The van der Waals surface area contributed by atoms with E-state index in [2.05, 4.69) is 9.71 Å². The zero-order valence-corrected chi connectivity index (χ0v) is 11.9. The number of hydrogen-bond donors (Lipinski definition) is 2. The molecule has 0 amide bonds. The number of nitrogens with zero attached hydrogens (tertiary/aromatic N) is 1. The summed E-state index contributed by atoms with van der Waals surface area (Å²) in [7, 11) is -3.50. The molecule has 0 radical (unpaired) electrons. The van der Waals surface area contributed by atoms with Gasteiger partial charge in [-0.05, 0) is 30.2 Å². The Morgan fingerprint density at radius 1 is 1.10 bits per heavy atom. The summed E-state index contributed by atoms with van der Waals surface area (Å²) in [6, 6.07) is 11.9. The number of aliphatic hydroxyl groups excluding tert-OH is 1. The van der Waals surface area contributed by atoms with Crippen LogP contribution in [0.15, 0.2) is 42.5 Å². The van der Waals surface area contributed by atoms with E-state index in [0.29, 0.717) is 11.4 Å². The molecule has 2 aromatic rings. The van der Waals surface area contributed by atoms with Gasteiger partial charge in [0.2, 0.25) is 10.0 Å². The Bertz CT molecular complexity index is 682. The molecule has 106 valence electrons. The molecule has 0 bridgehead atoms. The highest BCUT2D eigenvalue weighted by Crippen LogP contribution is 2.12. The molecule has 20 heavy (non-hydrogen) atoms. The Kier molecular flexibility index (Phi) is 4.36. The van der Waals surface area contributed by atoms with Crippen LogP contribution in [-0.2, 0) is 22.4 Å². The first-order valence-electron chi connectivity index (χ1n) is 6.11. The Morgan fingerprint density at radius 3 is 2.35 bits per heavy atom. The lowest BCUT2D eigenvalue weighted by atomic mass is 10.2. The van der Waals surface area contributed by atoms with Crippen molar-refractivity contribution in [1.82, 2.24) is 4.98 Å². The molecule has 5 nitrogen and oxygen atoms in total. The van der Waals surface area contributed by atoms with Gasteiger partial charge in [0.1, 0.15) is 5.82 Å². The lowest BCUT2D eigenvalue weighted by Crippen LogP contribution is -2.16. The molecule has 0 saturated heterocycles. The molecule has 0 atom stereocenters. The van der Waals surface area contributed by atoms with Gasteiger partial charge in [0.15, 0.2) is 0 Å². The fourth-order valence-electron chi connectivity index (χ4n) is 1.76. The zero-order chi connectivity index (χ0) is 14.6. The maximum atomic E-state index is 12.0. The normalized spacial score (nSPS) is 11.3. The molecule has 6 heteroatoms. The molecule has 1 heterocycles. The number of anilines is 1. The summed E-state index contributed by atoms with van der Waals surface area (Å²) in [4.78, 5) is 4.10. The van der Waals surface area contributed by atoms with Gasteiger partial charge in [-0.25, -0.2) is 13.4 Å². The number of rotatable bonds is 5. The standard InChI is InChI=1S/C14H16N2O3S/c1-11-3-2-4-14(15-11)16-20(18,19)10-13-7-5-12(9-17)6-8-13/h2-8,17H,9-10H2,1H3,(H,15,16). The van der Waals surface area contributed by atoms with Crippen molar-refractivity contribution in [2.75, 3.05) is 4.72 Å². The number of aliphatic hydroxyl groups is 1. The topological polar surface area (TPSA) is 79.3 Å². The number of aryl methyl sites for hydroxylation is 1. The van der Waals surface area contributed by atoms with E-state index in [0.717, 1.165) is 11.3 Å². The number of sulfonamides is 1. The maximum absolute atomic E-state index is 12.0. The molecular formula is C14H16N2O3S. The maximum Gasteiger partial charge on any atom is 0.238 e. The molecule has 0 spiro atoms. The highest BCUT2D eigenvalue weighted by Gasteiger charge is 2.12.